The Labute approximate surface area is 219 Å². The molecule has 2 aromatic rings. The molecule has 2 aromatic carbocycles. The van der Waals surface area contributed by atoms with Crippen LogP contribution in [0.5, 0.6) is 5.75 Å². The summed E-state index contributed by atoms with van der Waals surface area (Å²) in [4.78, 5) is 80.4. The van der Waals surface area contributed by atoms with E-state index in [2.05, 4.69) is 0 Å². The highest BCUT2D eigenvalue weighted by Crippen LogP contribution is 2.40. The molecule has 0 radical (unpaired) electrons. The molecule has 39 heavy (non-hydrogen) atoms. The van der Waals surface area contributed by atoms with Crippen molar-refractivity contribution >= 4 is 58.0 Å². The van der Waals surface area contributed by atoms with Crippen LogP contribution in [0.3, 0.4) is 0 Å². The highest BCUT2D eigenvalue weighted by Gasteiger charge is 2.33. The molecule has 0 fully saturated rings. The first-order valence-corrected chi connectivity index (χ1v) is 10.9. The van der Waals surface area contributed by atoms with Crippen molar-refractivity contribution in [2.45, 2.75) is 6.92 Å². The average molecular weight is 537 g/mol. The number of nitrogens with zero attached hydrogens (tertiary/aromatic N) is 5. The lowest BCUT2D eigenvalue weighted by Crippen LogP contribution is -2.29. The minimum Gasteiger partial charge on any atom is -0.427 e. The van der Waals surface area contributed by atoms with Gasteiger partial charge < -0.3 is 9.64 Å². The predicted octanol–water partition coefficient (Wildman–Crippen LogP) is 2.04. The van der Waals surface area contributed by atoms with Crippen LogP contribution >= 0.6 is 0 Å². The minimum atomic E-state index is -0.801. The van der Waals surface area contributed by atoms with Crippen molar-refractivity contribution in [3.8, 4) is 5.75 Å². The van der Waals surface area contributed by atoms with E-state index >= 15 is 0 Å². The minimum absolute atomic E-state index is 0.217. The summed E-state index contributed by atoms with van der Waals surface area (Å²) in [7, 11) is 2.84. The van der Waals surface area contributed by atoms with E-state index in [9.17, 15) is 44.2 Å². The van der Waals surface area contributed by atoms with Gasteiger partial charge in [0.2, 0.25) is 0 Å². The topological polar surface area (TPSA) is 191 Å². The Kier molecular flexibility index (Phi) is 7.94. The lowest BCUT2D eigenvalue weighted by atomic mass is 10.1. The Balaban J connectivity index is 0.000000223. The molecule has 0 saturated heterocycles. The van der Waals surface area contributed by atoms with Gasteiger partial charge in [0.25, 0.3) is 23.6 Å². The van der Waals surface area contributed by atoms with Crippen LogP contribution in [-0.4, -0.2) is 53.5 Å². The Morgan fingerprint density at radius 1 is 0.744 bits per heavy atom. The molecule has 0 spiro atoms. The lowest BCUT2D eigenvalue weighted by molar-refractivity contribution is -0.392. The molecule has 0 bridgehead atoms. The molecule has 2 aliphatic heterocycles. The second kappa shape index (κ2) is 11.1. The average Bonchev–Trinajstić information content (AvgIpc) is 3.38. The highest BCUT2D eigenvalue weighted by atomic mass is 16.6. The fraction of sp³-hybridized carbons (Fsp3) is 0.125. The van der Waals surface area contributed by atoms with Crippen LogP contribution in [0.2, 0.25) is 0 Å². The lowest BCUT2D eigenvalue weighted by Gasteiger charge is -2.17. The van der Waals surface area contributed by atoms with Gasteiger partial charge in [0, 0.05) is 57.5 Å². The molecule has 2 heterocycles. The van der Waals surface area contributed by atoms with E-state index in [1.54, 1.807) is 12.1 Å². The van der Waals surface area contributed by atoms with Crippen LogP contribution in [0, 0.1) is 20.2 Å². The van der Waals surface area contributed by atoms with Crippen molar-refractivity contribution < 1.29 is 38.6 Å². The predicted molar refractivity (Wildman–Crippen MR) is 135 cm³/mol. The van der Waals surface area contributed by atoms with Gasteiger partial charge in [-0.25, -0.2) is 9.80 Å². The maximum atomic E-state index is 11.6. The van der Waals surface area contributed by atoms with Crippen molar-refractivity contribution in [1.29, 1.82) is 0 Å². The van der Waals surface area contributed by atoms with E-state index in [-0.39, 0.29) is 23.2 Å². The second-order valence-electron chi connectivity index (χ2n) is 8.02. The number of nitro groups is 2. The Bertz CT molecular complexity index is 1410. The molecule has 0 aromatic heterocycles. The molecular formula is C24H19N5O10. The van der Waals surface area contributed by atoms with Crippen molar-refractivity contribution in [2.75, 3.05) is 28.8 Å². The van der Waals surface area contributed by atoms with Gasteiger partial charge >= 0.3 is 17.3 Å². The van der Waals surface area contributed by atoms with Gasteiger partial charge in [-0.05, 0) is 24.3 Å². The van der Waals surface area contributed by atoms with Crippen LogP contribution in [-0.2, 0) is 24.0 Å². The van der Waals surface area contributed by atoms with Gasteiger partial charge in [0.05, 0.1) is 21.2 Å². The van der Waals surface area contributed by atoms with Crippen molar-refractivity contribution in [3.05, 3.63) is 80.9 Å². The number of anilines is 3. The van der Waals surface area contributed by atoms with Crippen molar-refractivity contribution in [2.24, 2.45) is 0 Å². The first-order valence-electron chi connectivity index (χ1n) is 10.9. The fourth-order valence-electron chi connectivity index (χ4n) is 3.59. The maximum Gasteiger partial charge on any atom is 0.308 e. The van der Waals surface area contributed by atoms with E-state index < -0.39 is 39.0 Å². The summed E-state index contributed by atoms with van der Waals surface area (Å²) in [5, 5.41) is 22.4. The third-order valence-corrected chi connectivity index (χ3v) is 5.13. The number of nitro benzene ring substituents is 2. The summed E-state index contributed by atoms with van der Waals surface area (Å²) >= 11 is 0. The van der Waals surface area contributed by atoms with Gasteiger partial charge in [-0.15, -0.1) is 0 Å². The quantitative estimate of drug-likeness (QED) is 0.172. The summed E-state index contributed by atoms with van der Waals surface area (Å²) in [5.74, 6) is -2.25. The number of imide groups is 2. The first kappa shape index (κ1) is 27.9. The molecular weight excluding hydrogens is 518 g/mol. The number of ether oxygens (including phenoxy) is 1. The van der Waals surface area contributed by atoms with E-state index in [1.165, 1.54) is 50.2 Å². The third kappa shape index (κ3) is 5.99. The van der Waals surface area contributed by atoms with Crippen LogP contribution in [0.25, 0.3) is 0 Å². The number of carbonyl (C=O) groups is 5. The van der Waals surface area contributed by atoms with E-state index in [0.717, 1.165) is 29.2 Å². The van der Waals surface area contributed by atoms with Crippen LogP contribution in [0.15, 0.2) is 60.7 Å². The Morgan fingerprint density at radius 3 is 1.46 bits per heavy atom. The number of benzene rings is 2. The Hall–Kier alpha value is -5.73. The van der Waals surface area contributed by atoms with Gasteiger partial charge in [-0.2, -0.15) is 0 Å². The molecule has 0 unspecified atom stereocenters. The van der Waals surface area contributed by atoms with Gasteiger partial charge in [-0.1, -0.05) is 0 Å². The van der Waals surface area contributed by atoms with E-state index in [1.807, 2.05) is 0 Å². The van der Waals surface area contributed by atoms with Gasteiger partial charge in [0.1, 0.15) is 5.75 Å². The smallest absolute Gasteiger partial charge is 0.308 e. The zero-order chi connectivity index (χ0) is 29.0. The van der Waals surface area contributed by atoms with Crippen LogP contribution in [0.1, 0.15) is 6.92 Å². The summed E-state index contributed by atoms with van der Waals surface area (Å²) in [6.45, 7) is 1.30. The number of hydrogen-bond acceptors (Lipinski definition) is 11. The molecule has 4 rings (SSSR count). The highest BCUT2D eigenvalue weighted by molar-refractivity contribution is 6.29. The maximum absolute atomic E-state index is 11.6. The van der Waals surface area contributed by atoms with Crippen LogP contribution < -0.4 is 19.4 Å². The number of esters is 1. The first-order chi connectivity index (χ1) is 18.3. The monoisotopic (exact) mass is 537 g/mol. The third-order valence-electron chi connectivity index (χ3n) is 5.13. The molecule has 2 aliphatic rings. The number of rotatable bonds is 6. The van der Waals surface area contributed by atoms with Crippen molar-refractivity contribution in [3.63, 3.8) is 0 Å². The molecule has 0 aliphatic carbocycles. The van der Waals surface area contributed by atoms with Gasteiger partial charge in [-0.3, -0.25) is 44.2 Å². The largest absolute Gasteiger partial charge is 0.427 e. The van der Waals surface area contributed by atoms with E-state index in [4.69, 9.17) is 4.74 Å². The molecule has 4 amide bonds. The SMILES string of the molecule is CC(=O)Oc1ccc(N2C(=O)C=CC2=O)cc1.CN(C)c1c([N+](=O)[O-])cc(N2C(=O)C=CC2=O)cc1[N+](=O)[O-]. The van der Waals surface area contributed by atoms with Crippen LogP contribution in [0.4, 0.5) is 28.4 Å². The fourth-order valence-corrected chi connectivity index (χ4v) is 3.59. The van der Waals surface area contributed by atoms with Gasteiger partial charge in [0.15, 0.2) is 5.69 Å². The molecule has 0 atom stereocenters. The summed E-state index contributed by atoms with van der Waals surface area (Å²) in [6, 6.07) is 8.06. The number of hydrogen-bond donors (Lipinski definition) is 0. The normalized spacial score (nSPS) is 13.9. The van der Waals surface area contributed by atoms with E-state index in [0.29, 0.717) is 16.3 Å². The second-order valence-corrected chi connectivity index (χ2v) is 8.02. The number of carbonyl (C=O) groups excluding carboxylic acids is 5. The summed E-state index contributed by atoms with van der Waals surface area (Å²) in [5.41, 5.74) is -1.13. The molecule has 0 saturated carbocycles. The zero-order valence-electron chi connectivity index (χ0n) is 20.6. The molecule has 0 N–H and O–H groups in total. The molecule has 15 heteroatoms. The molecule has 15 nitrogen and oxygen atoms in total. The molecule has 200 valence electrons. The zero-order valence-corrected chi connectivity index (χ0v) is 20.6. The summed E-state index contributed by atoms with van der Waals surface area (Å²) < 4.78 is 4.84. The van der Waals surface area contributed by atoms with Crippen molar-refractivity contribution in [1.82, 2.24) is 0 Å². The number of amides is 4. The Morgan fingerprint density at radius 2 is 1.13 bits per heavy atom. The standard InChI is InChI=1S/C12H10N4O6.C12H9NO4/c1-13(2)12-8(15(19)20)5-7(6-9(12)16(21)22)14-10(17)3-4-11(14)18;1-8(14)17-10-4-2-9(3-5-10)13-11(15)6-7-12(13)16/h3-6H,1-2H3;2-7H,1H3. The summed E-state index contributed by atoms with van der Waals surface area (Å²) in [6.07, 6.45) is 4.39.